The predicted molar refractivity (Wildman–Crippen MR) is 127 cm³/mol. The van der Waals surface area contributed by atoms with Crippen LogP contribution in [-0.4, -0.2) is 23.6 Å². The van der Waals surface area contributed by atoms with E-state index in [-0.39, 0.29) is 18.0 Å². The molecule has 4 rings (SSSR count). The van der Waals surface area contributed by atoms with Gasteiger partial charge >= 0.3 is 0 Å². The number of nitrogens with one attached hydrogen (secondary N) is 1. The van der Waals surface area contributed by atoms with E-state index in [0.717, 1.165) is 22.4 Å². The van der Waals surface area contributed by atoms with Crippen LogP contribution in [0.15, 0.2) is 78.9 Å². The SMILES string of the molecule is CC.Cc1ccc(C2[C@@H](NCC(O)c3ccccc3)C(=O)N2c2ccc(C)cc2)cc1. The molecule has 3 atom stereocenters. The first-order chi connectivity index (χ1) is 15.0. The molecule has 0 spiro atoms. The lowest BCUT2D eigenvalue weighted by Crippen LogP contribution is -2.65. The van der Waals surface area contributed by atoms with Crippen LogP contribution >= 0.6 is 0 Å². The molecule has 0 aliphatic carbocycles. The highest BCUT2D eigenvalue weighted by Crippen LogP contribution is 2.39. The van der Waals surface area contributed by atoms with Gasteiger partial charge in [0.05, 0.1) is 12.1 Å². The highest BCUT2D eigenvalue weighted by atomic mass is 16.3. The molecule has 1 saturated heterocycles. The number of anilines is 1. The fourth-order valence-corrected chi connectivity index (χ4v) is 3.82. The second-order valence-corrected chi connectivity index (χ2v) is 7.71. The average Bonchev–Trinajstić information content (AvgIpc) is 2.81. The third kappa shape index (κ3) is 5.04. The highest BCUT2D eigenvalue weighted by molar-refractivity contribution is 6.05. The Kier molecular flexibility index (Phi) is 7.61. The third-order valence-electron chi connectivity index (χ3n) is 5.54. The zero-order valence-corrected chi connectivity index (χ0v) is 18.7. The molecule has 162 valence electrons. The normalized spacial score (nSPS) is 18.6. The van der Waals surface area contributed by atoms with Crippen LogP contribution in [0.2, 0.25) is 0 Å². The Morgan fingerprint density at radius 1 is 0.871 bits per heavy atom. The summed E-state index contributed by atoms with van der Waals surface area (Å²) in [5.41, 5.74) is 5.17. The van der Waals surface area contributed by atoms with Gasteiger partial charge < -0.3 is 15.3 Å². The standard InChI is InChI=1S/C25H26N2O2.C2H6/c1-17-8-12-20(13-9-17)24-23(26-16-22(28)19-6-4-3-5-7-19)25(29)27(24)21-14-10-18(2)11-15-21;1-2/h3-15,22-24,26,28H,16H2,1-2H3;1-2H3/t22?,23-,24?;/m1./s1. The van der Waals surface area contributed by atoms with Crippen LogP contribution in [-0.2, 0) is 4.79 Å². The van der Waals surface area contributed by atoms with E-state index in [9.17, 15) is 9.90 Å². The Hall–Kier alpha value is -2.95. The van der Waals surface area contributed by atoms with Crippen molar-refractivity contribution in [2.45, 2.75) is 45.9 Å². The number of β-lactam (4-membered cyclic amide) rings is 1. The number of carbonyl (C=O) groups excluding carboxylic acids is 1. The molecule has 31 heavy (non-hydrogen) atoms. The summed E-state index contributed by atoms with van der Waals surface area (Å²) in [5, 5.41) is 13.8. The molecule has 1 fully saturated rings. The van der Waals surface area contributed by atoms with Gasteiger partial charge in [-0.05, 0) is 37.1 Å². The first-order valence-corrected chi connectivity index (χ1v) is 11.0. The lowest BCUT2D eigenvalue weighted by molar-refractivity contribution is -0.127. The molecule has 3 aromatic rings. The molecule has 2 unspecified atom stereocenters. The van der Waals surface area contributed by atoms with Gasteiger partial charge in [0.15, 0.2) is 0 Å². The molecule has 3 aromatic carbocycles. The highest BCUT2D eigenvalue weighted by Gasteiger charge is 2.48. The van der Waals surface area contributed by atoms with Crippen LogP contribution in [0.1, 0.15) is 48.2 Å². The van der Waals surface area contributed by atoms with Gasteiger partial charge in [0.1, 0.15) is 6.04 Å². The van der Waals surface area contributed by atoms with Gasteiger partial charge in [0, 0.05) is 12.2 Å². The van der Waals surface area contributed by atoms with Crippen molar-refractivity contribution in [1.29, 1.82) is 0 Å². The van der Waals surface area contributed by atoms with Crippen molar-refractivity contribution in [1.82, 2.24) is 5.32 Å². The van der Waals surface area contributed by atoms with Gasteiger partial charge in [-0.1, -0.05) is 91.7 Å². The fourth-order valence-electron chi connectivity index (χ4n) is 3.82. The number of hydrogen-bond donors (Lipinski definition) is 2. The Balaban J connectivity index is 0.00000132. The Morgan fingerprint density at radius 2 is 1.42 bits per heavy atom. The minimum Gasteiger partial charge on any atom is -0.387 e. The van der Waals surface area contributed by atoms with Crippen molar-refractivity contribution in [2.75, 3.05) is 11.4 Å². The molecule has 2 N–H and O–H groups in total. The van der Waals surface area contributed by atoms with Crippen LogP contribution < -0.4 is 10.2 Å². The van der Waals surface area contributed by atoms with E-state index >= 15 is 0 Å². The maximum absolute atomic E-state index is 13.0. The molecular weight excluding hydrogens is 384 g/mol. The van der Waals surface area contributed by atoms with E-state index in [1.54, 1.807) is 0 Å². The minimum atomic E-state index is -0.656. The molecule has 4 nitrogen and oxygen atoms in total. The summed E-state index contributed by atoms with van der Waals surface area (Å²) in [7, 11) is 0. The predicted octanol–water partition coefficient (Wildman–Crippen LogP) is 5.11. The average molecular weight is 417 g/mol. The quantitative estimate of drug-likeness (QED) is 0.549. The van der Waals surface area contributed by atoms with Crippen LogP contribution in [0.3, 0.4) is 0 Å². The van der Waals surface area contributed by atoms with Gasteiger partial charge in [-0.2, -0.15) is 0 Å². The lowest BCUT2D eigenvalue weighted by Gasteiger charge is -2.48. The molecule has 0 bridgehead atoms. The van der Waals surface area contributed by atoms with E-state index in [1.165, 1.54) is 5.56 Å². The molecule has 0 aromatic heterocycles. The number of rotatable bonds is 6. The molecule has 1 heterocycles. The number of aryl methyl sites for hydroxylation is 2. The smallest absolute Gasteiger partial charge is 0.247 e. The van der Waals surface area contributed by atoms with E-state index in [4.69, 9.17) is 0 Å². The summed E-state index contributed by atoms with van der Waals surface area (Å²) < 4.78 is 0. The zero-order chi connectivity index (χ0) is 22.4. The minimum absolute atomic E-state index is 0.0275. The second-order valence-electron chi connectivity index (χ2n) is 7.71. The largest absolute Gasteiger partial charge is 0.387 e. The number of nitrogens with zero attached hydrogens (tertiary/aromatic N) is 1. The number of benzene rings is 3. The monoisotopic (exact) mass is 416 g/mol. The number of aliphatic hydroxyl groups excluding tert-OH is 1. The van der Waals surface area contributed by atoms with E-state index in [2.05, 4.69) is 36.5 Å². The molecule has 1 aliphatic heterocycles. The third-order valence-corrected chi connectivity index (χ3v) is 5.54. The van der Waals surface area contributed by atoms with Gasteiger partial charge in [-0.15, -0.1) is 0 Å². The Labute approximate surface area is 185 Å². The first-order valence-electron chi connectivity index (χ1n) is 11.0. The van der Waals surface area contributed by atoms with Crippen molar-refractivity contribution in [2.24, 2.45) is 0 Å². The molecule has 0 radical (unpaired) electrons. The maximum Gasteiger partial charge on any atom is 0.247 e. The summed E-state index contributed by atoms with van der Waals surface area (Å²) >= 11 is 0. The fraction of sp³-hybridized carbons (Fsp3) is 0.296. The van der Waals surface area contributed by atoms with Crippen molar-refractivity contribution >= 4 is 11.6 Å². The van der Waals surface area contributed by atoms with Gasteiger partial charge in [-0.25, -0.2) is 0 Å². The summed E-state index contributed by atoms with van der Waals surface area (Å²) in [6.45, 7) is 8.42. The summed E-state index contributed by atoms with van der Waals surface area (Å²) in [5.74, 6) is 0.0275. The van der Waals surface area contributed by atoms with Crippen LogP contribution in [0, 0.1) is 13.8 Å². The summed E-state index contributed by atoms with van der Waals surface area (Å²) in [6, 6.07) is 25.4. The lowest BCUT2D eigenvalue weighted by atomic mass is 9.87. The molecule has 1 amide bonds. The number of amides is 1. The molecule has 1 aliphatic rings. The number of carbonyl (C=O) groups is 1. The summed E-state index contributed by atoms with van der Waals surface area (Å²) in [6.07, 6.45) is -0.656. The van der Waals surface area contributed by atoms with Crippen molar-refractivity contribution < 1.29 is 9.90 Å². The molecule has 4 heteroatoms. The van der Waals surface area contributed by atoms with E-state index < -0.39 is 6.10 Å². The van der Waals surface area contributed by atoms with Gasteiger partial charge in [0.2, 0.25) is 5.91 Å². The van der Waals surface area contributed by atoms with Crippen LogP contribution in [0.5, 0.6) is 0 Å². The molecular formula is C27H32N2O2. The van der Waals surface area contributed by atoms with Gasteiger partial charge in [0.25, 0.3) is 0 Å². The van der Waals surface area contributed by atoms with Gasteiger partial charge in [-0.3, -0.25) is 4.79 Å². The Morgan fingerprint density at radius 3 is 2.00 bits per heavy atom. The van der Waals surface area contributed by atoms with Crippen LogP contribution in [0.4, 0.5) is 5.69 Å². The van der Waals surface area contributed by atoms with E-state index in [0.29, 0.717) is 6.54 Å². The van der Waals surface area contributed by atoms with Crippen LogP contribution in [0.25, 0.3) is 0 Å². The van der Waals surface area contributed by atoms with Crippen molar-refractivity contribution in [3.05, 3.63) is 101 Å². The Bertz CT molecular complexity index is 968. The summed E-state index contributed by atoms with van der Waals surface area (Å²) in [4.78, 5) is 14.9. The van der Waals surface area contributed by atoms with E-state index in [1.807, 2.05) is 80.3 Å². The molecule has 0 saturated carbocycles. The zero-order valence-electron chi connectivity index (χ0n) is 18.7. The second kappa shape index (κ2) is 10.4. The number of aliphatic hydroxyl groups is 1. The first kappa shape index (κ1) is 22.7. The van der Waals surface area contributed by atoms with Crippen molar-refractivity contribution in [3.8, 4) is 0 Å². The maximum atomic E-state index is 13.0. The van der Waals surface area contributed by atoms with Crippen molar-refractivity contribution in [3.63, 3.8) is 0 Å². The number of hydrogen-bond acceptors (Lipinski definition) is 3. The topological polar surface area (TPSA) is 52.6 Å².